The van der Waals surface area contributed by atoms with Crippen LogP contribution in [0.1, 0.15) is 18.4 Å². The van der Waals surface area contributed by atoms with E-state index in [4.69, 9.17) is 5.26 Å². The Kier molecular flexibility index (Phi) is 3.02. The highest BCUT2D eigenvalue weighted by molar-refractivity contribution is 9.10. The van der Waals surface area contributed by atoms with Crippen molar-refractivity contribution in [2.24, 2.45) is 0 Å². The molecule has 17 heavy (non-hydrogen) atoms. The lowest BCUT2D eigenvalue weighted by Gasteiger charge is -2.10. The van der Waals surface area contributed by atoms with Crippen molar-refractivity contribution < 1.29 is 8.42 Å². The lowest BCUT2D eigenvalue weighted by molar-refractivity contribution is 0.571. The maximum Gasteiger partial charge on any atom is 0.241 e. The highest BCUT2D eigenvalue weighted by Gasteiger charge is 2.46. The first-order valence-corrected chi connectivity index (χ1v) is 7.38. The first kappa shape index (κ1) is 12.6. The summed E-state index contributed by atoms with van der Waals surface area (Å²) < 4.78 is 27.2. The molecular weight excluding hydrogens is 304 g/mol. The van der Waals surface area contributed by atoms with E-state index in [2.05, 4.69) is 20.7 Å². The van der Waals surface area contributed by atoms with Gasteiger partial charge in [0.25, 0.3) is 0 Å². The molecule has 1 N–H and O–H groups in total. The molecular formula is C11H11BrN2O2S. The van der Waals surface area contributed by atoms with Gasteiger partial charge < -0.3 is 0 Å². The molecule has 1 saturated carbocycles. The van der Waals surface area contributed by atoms with E-state index < -0.39 is 15.6 Å². The average Bonchev–Trinajstić information content (AvgIpc) is 3.02. The fourth-order valence-corrected chi connectivity index (χ4v) is 3.35. The molecule has 0 unspecified atom stereocenters. The Morgan fingerprint density at radius 2 is 2.12 bits per heavy atom. The number of hydrogen-bond donors (Lipinski definition) is 1. The van der Waals surface area contributed by atoms with Crippen molar-refractivity contribution in [1.82, 2.24) is 4.72 Å². The molecule has 0 atom stereocenters. The Hall–Kier alpha value is -0.900. The van der Waals surface area contributed by atoms with Gasteiger partial charge in [0.05, 0.1) is 11.0 Å². The number of nitrogens with zero attached hydrogens (tertiary/aromatic N) is 1. The van der Waals surface area contributed by atoms with Gasteiger partial charge in [-0.3, -0.25) is 0 Å². The molecule has 0 bridgehead atoms. The lowest BCUT2D eigenvalue weighted by Crippen LogP contribution is -2.35. The minimum atomic E-state index is -3.61. The summed E-state index contributed by atoms with van der Waals surface area (Å²) in [4.78, 5) is 0.177. The van der Waals surface area contributed by atoms with Crippen molar-refractivity contribution in [3.05, 3.63) is 28.2 Å². The first-order valence-electron chi connectivity index (χ1n) is 5.10. The second kappa shape index (κ2) is 4.09. The maximum absolute atomic E-state index is 12.0. The monoisotopic (exact) mass is 314 g/mol. The van der Waals surface area contributed by atoms with Crippen LogP contribution >= 0.6 is 15.9 Å². The van der Waals surface area contributed by atoms with Gasteiger partial charge in [0.15, 0.2) is 0 Å². The number of rotatable bonds is 3. The molecule has 0 saturated heterocycles. The molecule has 0 spiro atoms. The normalized spacial score (nSPS) is 17.5. The van der Waals surface area contributed by atoms with Crippen LogP contribution in [-0.2, 0) is 10.0 Å². The lowest BCUT2D eigenvalue weighted by atomic mass is 10.2. The van der Waals surface area contributed by atoms with Crippen LogP contribution in [0.4, 0.5) is 0 Å². The minimum Gasteiger partial charge on any atom is -0.207 e. The van der Waals surface area contributed by atoms with Gasteiger partial charge in [0.2, 0.25) is 10.0 Å². The van der Waals surface area contributed by atoms with E-state index in [1.54, 1.807) is 12.1 Å². The first-order chi connectivity index (χ1) is 7.88. The van der Waals surface area contributed by atoms with E-state index in [0.717, 1.165) is 10.0 Å². The van der Waals surface area contributed by atoms with E-state index >= 15 is 0 Å². The number of sulfonamides is 1. The van der Waals surface area contributed by atoms with Crippen LogP contribution in [0.15, 0.2) is 27.6 Å². The number of nitriles is 1. The van der Waals surface area contributed by atoms with Gasteiger partial charge in [-0.1, -0.05) is 22.0 Å². The third kappa shape index (κ3) is 2.51. The van der Waals surface area contributed by atoms with Gasteiger partial charge in [-0.15, -0.1) is 0 Å². The summed E-state index contributed by atoms with van der Waals surface area (Å²) in [6.07, 6.45) is 1.16. The third-order valence-corrected chi connectivity index (χ3v) is 5.14. The van der Waals surface area contributed by atoms with E-state index in [1.807, 2.05) is 13.0 Å². The van der Waals surface area contributed by atoms with Crippen molar-refractivity contribution in [3.63, 3.8) is 0 Å². The summed E-state index contributed by atoms with van der Waals surface area (Å²) in [6.45, 7) is 1.88. The Labute approximate surface area is 109 Å². The second-order valence-electron chi connectivity index (χ2n) is 4.21. The molecule has 1 aliphatic carbocycles. The summed E-state index contributed by atoms with van der Waals surface area (Å²) in [5.74, 6) is 0. The number of halogens is 1. The smallest absolute Gasteiger partial charge is 0.207 e. The molecule has 2 rings (SSSR count). The van der Waals surface area contributed by atoms with Crippen LogP contribution in [0.2, 0.25) is 0 Å². The predicted molar refractivity (Wildman–Crippen MR) is 66.8 cm³/mol. The number of hydrogen-bond acceptors (Lipinski definition) is 3. The van der Waals surface area contributed by atoms with Gasteiger partial charge in [0.1, 0.15) is 5.54 Å². The maximum atomic E-state index is 12.0. The van der Waals surface area contributed by atoms with Gasteiger partial charge >= 0.3 is 0 Å². The van der Waals surface area contributed by atoms with E-state index in [0.29, 0.717) is 12.8 Å². The summed E-state index contributed by atoms with van der Waals surface area (Å²) in [5, 5.41) is 8.88. The zero-order valence-corrected chi connectivity index (χ0v) is 11.6. The molecule has 6 heteroatoms. The van der Waals surface area contributed by atoms with Crippen LogP contribution < -0.4 is 4.72 Å². The zero-order chi connectivity index (χ0) is 12.7. The molecule has 0 amide bonds. The molecule has 0 aromatic heterocycles. The Morgan fingerprint density at radius 1 is 1.47 bits per heavy atom. The Balaban J connectivity index is 2.33. The van der Waals surface area contributed by atoms with E-state index in [9.17, 15) is 8.42 Å². The fraction of sp³-hybridized carbons (Fsp3) is 0.364. The quantitative estimate of drug-likeness (QED) is 0.928. The van der Waals surface area contributed by atoms with Crippen molar-refractivity contribution in [1.29, 1.82) is 5.26 Å². The van der Waals surface area contributed by atoms with Gasteiger partial charge in [-0.25, -0.2) is 8.42 Å². The average molecular weight is 315 g/mol. The fourth-order valence-electron chi connectivity index (χ4n) is 1.42. The highest BCUT2D eigenvalue weighted by atomic mass is 79.9. The second-order valence-corrected chi connectivity index (χ2v) is 6.75. The van der Waals surface area contributed by atoms with Crippen molar-refractivity contribution in [2.45, 2.75) is 30.2 Å². The largest absolute Gasteiger partial charge is 0.241 e. The van der Waals surface area contributed by atoms with Crippen LogP contribution in [0.5, 0.6) is 0 Å². The minimum absolute atomic E-state index is 0.177. The highest BCUT2D eigenvalue weighted by Crippen LogP contribution is 2.36. The Morgan fingerprint density at radius 3 is 2.59 bits per heavy atom. The van der Waals surface area contributed by atoms with E-state index in [-0.39, 0.29) is 4.90 Å². The molecule has 90 valence electrons. The molecule has 1 fully saturated rings. The molecule has 4 nitrogen and oxygen atoms in total. The van der Waals surface area contributed by atoms with Crippen molar-refractivity contribution >= 4 is 26.0 Å². The van der Waals surface area contributed by atoms with Crippen molar-refractivity contribution in [3.8, 4) is 6.07 Å². The molecule has 0 radical (unpaired) electrons. The third-order valence-electron chi connectivity index (χ3n) is 2.75. The standard InChI is InChI=1S/C11H11BrN2O2S/c1-8-2-3-9(6-10(8)12)17(15,16)14-11(7-13)4-5-11/h2-3,6,14H,4-5H2,1H3. The number of aryl methyl sites for hydroxylation is 1. The number of nitrogens with one attached hydrogen (secondary N) is 1. The number of benzene rings is 1. The molecule has 1 aliphatic rings. The molecule has 0 heterocycles. The molecule has 1 aromatic rings. The summed E-state index contributed by atoms with van der Waals surface area (Å²) in [7, 11) is -3.61. The topological polar surface area (TPSA) is 70.0 Å². The van der Waals surface area contributed by atoms with Gasteiger partial charge in [-0.2, -0.15) is 9.98 Å². The van der Waals surface area contributed by atoms with Gasteiger partial charge in [-0.05, 0) is 37.5 Å². The summed E-state index contributed by atoms with van der Waals surface area (Å²) in [5.41, 5.74) is 0.0845. The molecule has 1 aromatic carbocycles. The van der Waals surface area contributed by atoms with Crippen LogP contribution in [0.25, 0.3) is 0 Å². The summed E-state index contributed by atoms with van der Waals surface area (Å²) in [6, 6.07) is 6.81. The van der Waals surface area contributed by atoms with Crippen molar-refractivity contribution in [2.75, 3.05) is 0 Å². The zero-order valence-electron chi connectivity index (χ0n) is 9.20. The van der Waals surface area contributed by atoms with Crippen LogP contribution in [-0.4, -0.2) is 14.0 Å². The Bertz CT molecular complexity index is 600. The summed E-state index contributed by atoms with van der Waals surface area (Å²) >= 11 is 3.29. The van der Waals surface area contributed by atoms with E-state index in [1.165, 1.54) is 6.07 Å². The SMILES string of the molecule is Cc1ccc(S(=O)(=O)NC2(C#N)CC2)cc1Br. The van der Waals surface area contributed by atoms with Crippen LogP contribution in [0, 0.1) is 18.3 Å². The van der Waals surface area contributed by atoms with Crippen LogP contribution in [0.3, 0.4) is 0 Å². The van der Waals surface area contributed by atoms with Gasteiger partial charge in [0, 0.05) is 4.47 Å². The predicted octanol–water partition coefficient (Wildman–Crippen LogP) is 2.09. The molecule has 0 aliphatic heterocycles.